The average Bonchev–Trinajstić information content (AvgIpc) is 3.06. The number of hydrogen-bond donors (Lipinski definition) is 0. The van der Waals surface area contributed by atoms with Crippen LogP contribution in [0.4, 0.5) is 5.69 Å². The predicted octanol–water partition coefficient (Wildman–Crippen LogP) is 1.65. The molecule has 1 aromatic carbocycles. The third kappa shape index (κ3) is 1.57. The van der Waals surface area contributed by atoms with E-state index in [1.165, 1.54) is 30.6 Å². The zero-order valence-corrected chi connectivity index (χ0v) is 10.9. The lowest BCUT2D eigenvalue weighted by Gasteiger charge is -2.27. The molecule has 0 unspecified atom stereocenters. The molecule has 3 aliphatic rings. The molecule has 96 valence electrons. The van der Waals surface area contributed by atoms with Gasteiger partial charge < -0.3 is 9.64 Å². The highest BCUT2D eigenvalue weighted by atomic mass is 16.5. The molecule has 4 rings (SSSR count). The molecule has 0 aliphatic carbocycles. The van der Waals surface area contributed by atoms with Crippen LogP contribution >= 0.6 is 0 Å². The van der Waals surface area contributed by atoms with Gasteiger partial charge in [-0.05, 0) is 30.0 Å². The van der Waals surface area contributed by atoms with E-state index in [9.17, 15) is 0 Å². The quantitative estimate of drug-likeness (QED) is 0.787. The summed E-state index contributed by atoms with van der Waals surface area (Å²) in [6.45, 7) is 4.35. The number of fused-ring (bicyclic) bond motifs is 3. The number of anilines is 1. The molecule has 0 radical (unpaired) electrons. The summed E-state index contributed by atoms with van der Waals surface area (Å²) in [5.74, 6) is 0. The normalized spacial score (nSPS) is 30.2. The summed E-state index contributed by atoms with van der Waals surface area (Å²) in [5, 5.41) is 0. The van der Waals surface area contributed by atoms with Gasteiger partial charge in [0, 0.05) is 38.4 Å². The molecule has 1 aromatic rings. The van der Waals surface area contributed by atoms with E-state index in [0.717, 1.165) is 19.7 Å². The maximum Gasteiger partial charge on any atom is 0.0718 e. The molecule has 18 heavy (non-hydrogen) atoms. The second-order valence-corrected chi connectivity index (χ2v) is 5.86. The van der Waals surface area contributed by atoms with Crippen LogP contribution in [0.1, 0.15) is 17.5 Å². The van der Waals surface area contributed by atoms with Crippen molar-refractivity contribution in [2.75, 3.05) is 31.6 Å². The Hall–Kier alpha value is -1.06. The molecule has 0 N–H and O–H groups in total. The van der Waals surface area contributed by atoms with Crippen molar-refractivity contribution in [3.05, 3.63) is 29.3 Å². The van der Waals surface area contributed by atoms with Crippen LogP contribution in [0.2, 0.25) is 0 Å². The number of likely N-dealkylation sites (N-methyl/N-ethyl adjacent to an activating group) is 1. The monoisotopic (exact) mass is 244 g/mol. The molecular weight excluding hydrogens is 224 g/mol. The first-order chi connectivity index (χ1) is 8.81. The van der Waals surface area contributed by atoms with E-state index < -0.39 is 0 Å². The van der Waals surface area contributed by atoms with Crippen molar-refractivity contribution >= 4 is 5.69 Å². The van der Waals surface area contributed by atoms with Gasteiger partial charge in [0.05, 0.1) is 12.7 Å². The average molecular weight is 244 g/mol. The van der Waals surface area contributed by atoms with Crippen molar-refractivity contribution in [2.24, 2.45) is 0 Å². The fourth-order valence-electron chi connectivity index (χ4n) is 3.71. The number of hydrogen-bond acceptors (Lipinski definition) is 3. The van der Waals surface area contributed by atoms with Gasteiger partial charge >= 0.3 is 0 Å². The molecule has 0 amide bonds. The lowest BCUT2D eigenvalue weighted by atomic mass is 10.0. The Morgan fingerprint density at radius 1 is 1.39 bits per heavy atom. The highest BCUT2D eigenvalue weighted by Crippen LogP contribution is 2.33. The molecule has 2 bridgehead atoms. The lowest BCUT2D eigenvalue weighted by Crippen LogP contribution is -2.36. The molecular formula is C15H20N2O. The summed E-state index contributed by atoms with van der Waals surface area (Å²) in [6.07, 6.45) is 2.96. The van der Waals surface area contributed by atoms with Crippen molar-refractivity contribution in [1.82, 2.24) is 4.90 Å². The number of rotatable bonds is 2. The highest BCUT2D eigenvalue weighted by Gasteiger charge is 2.39. The second kappa shape index (κ2) is 3.97. The van der Waals surface area contributed by atoms with Gasteiger partial charge in [0.25, 0.3) is 0 Å². The van der Waals surface area contributed by atoms with Crippen molar-refractivity contribution in [2.45, 2.75) is 31.5 Å². The van der Waals surface area contributed by atoms with Gasteiger partial charge in [-0.15, -0.1) is 0 Å². The molecule has 2 saturated heterocycles. The number of morpholine rings is 1. The van der Waals surface area contributed by atoms with Crippen molar-refractivity contribution < 1.29 is 4.74 Å². The highest BCUT2D eigenvalue weighted by molar-refractivity contribution is 5.60. The Kier molecular flexibility index (Phi) is 2.39. The first-order valence-electron chi connectivity index (χ1n) is 6.99. The Morgan fingerprint density at radius 2 is 2.33 bits per heavy atom. The van der Waals surface area contributed by atoms with E-state index in [1.807, 2.05) is 0 Å². The lowest BCUT2D eigenvalue weighted by molar-refractivity contribution is 0.0272. The van der Waals surface area contributed by atoms with Crippen molar-refractivity contribution in [1.29, 1.82) is 0 Å². The number of nitrogens with zero attached hydrogens (tertiary/aromatic N) is 2. The molecule has 0 aromatic heterocycles. The first-order valence-corrected chi connectivity index (χ1v) is 6.99. The van der Waals surface area contributed by atoms with E-state index >= 15 is 0 Å². The van der Waals surface area contributed by atoms with Crippen LogP contribution in [0.5, 0.6) is 0 Å². The molecule has 3 heterocycles. The van der Waals surface area contributed by atoms with Gasteiger partial charge in [-0.3, -0.25) is 4.90 Å². The zero-order chi connectivity index (χ0) is 12.1. The molecule has 3 heteroatoms. The summed E-state index contributed by atoms with van der Waals surface area (Å²) in [5.41, 5.74) is 4.54. The van der Waals surface area contributed by atoms with Gasteiger partial charge in [-0.1, -0.05) is 12.1 Å². The van der Waals surface area contributed by atoms with Crippen molar-refractivity contribution in [3.8, 4) is 0 Å². The Morgan fingerprint density at radius 3 is 3.11 bits per heavy atom. The van der Waals surface area contributed by atoms with Gasteiger partial charge in [0.2, 0.25) is 0 Å². The molecule has 3 nitrogen and oxygen atoms in total. The standard InChI is InChI=1S/C15H20N2O/c1-16-6-5-14-11(3-2-4-15(14)16)8-17-9-13-7-12(17)10-18-13/h2-4,12-13H,5-10H2,1H3/t12-,13-/m0/s1. The van der Waals surface area contributed by atoms with E-state index in [1.54, 1.807) is 5.56 Å². The minimum atomic E-state index is 0.509. The maximum absolute atomic E-state index is 5.68. The minimum absolute atomic E-state index is 0.509. The molecule has 2 fully saturated rings. The Bertz CT molecular complexity index is 474. The van der Waals surface area contributed by atoms with E-state index in [4.69, 9.17) is 4.74 Å². The Labute approximate surface area is 108 Å². The van der Waals surface area contributed by atoms with Gasteiger partial charge in [0.15, 0.2) is 0 Å². The van der Waals surface area contributed by atoms with Crippen LogP contribution in [0, 0.1) is 0 Å². The van der Waals surface area contributed by atoms with Gasteiger partial charge in [0.1, 0.15) is 0 Å². The van der Waals surface area contributed by atoms with Crippen molar-refractivity contribution in [3.63, 3.8) is 0 Å². The Balaban J connectivity index is 1.59. The third-order valence-electron chi connectivity index (χ3n) is 4.74. The fourth-order valence-corrected chi connectivity index (χ4v) is 3.71. The van der Waals surface area contributed by atoms with Crippen LogP contribution in [-0.2, 0) is 17.7 Å². The second-order valence-electron chi connectivity index (χ2n) is 5.86. The fraction of sp³-hybridized carbons (Fsp3) is 0.600. The van der Waals surface area contributed by atoms with E-state index in [-0.39, 0.29) is 0 Å². The van der Waals surface area contributed by atoms with E-state index in [0.29, 0.717) is 12.1 Å². The first kappa shape index (κ1) is 10.8. The predicted molar refractivity (Wildman–Crippen MR) is 72.0 cm³/mol. The van der Waals surface area contributed by atoms with Crippen LogP contribution in [0.15, 0.2) is 18.2 Å². The van der Waals surface area contributed by atoms with Gasteiger partial charge in [-0.25, -0.2) is 0 Å². The summed E-state index contributed by atoms with van der Waals surface area (Å²) in [6, 6.07) is 7.45. The minimum Gasteiger partial charge on any atom is -0.375 e. The smallest absolute Gasteiger partial charge is 0.0718 e. The number of benzene rings is 1. The SMILES string of the molecule is CN1CCc2c(CN3C[C@@H]4C[C@H]3CO4)cccc21. The molecule has 0 saturated carbocycles. The zero-order valence-electron chi connectivity index (χ0n) is 10.9. The van der Waals surface area contributed by atoms with Crippen LogP contribution in [-0.4, -0.2) is 43.8 Å². The number of likely N-dealkylation sites (tertiary alicyclic amines) is 1. The summed E-state index contributed by atoms with van der Waals surface area (Å²) >= 11 is 0. The number of ether oxygens (including phenoxy) is 1. The summed E-state index contributed by atoms with van der Waals surface area (Å²) in [7, 11) is 2.20. The topological polar surface area (TPSA) is 15.7 Å². The van der Waals surface area contributed by atoms with Crippen LogP contribution < -0.4 is 4.90 Å². The maximum atomic E-state index is 5.68. The van der Waals surface area contributed by atoms with Crippen LogP contribution in [0.3, 0.4) is 0 Å². The molecule has 0 spiro atoms. The van der Waals surface area contributed by atoms with Crippen LogP contribution in [0.25, 0.3) is 0 Å². The molecule has 2 atom stereocenters. The largest absolute Gasteiger partial charge is 0.375 e. The van der Waals surface area contributed by atoms with E-state index in [2.05, 4.69) is 35.0 Å². The summed E-state index contributed by atoms with van der Waals surface area (Å²) in [4.78, 5) is 4.99. The third-order valence-corrected chi connectivity index (χ3v) is 4.74. The van der Waals surface area contributed by atoms with Gasteiger partial charge in [-0.2, -0.15) is 0 Å². The summed E-state index contributed by atoms with van der Waals surface area (Å²) < 4.78 is 5.68. The molecule has 3 aliphatic heterocycles.